The second-order valence-electron chi connectivity index (χ2n) is 6.79. The van der Waals surface area contributed by atoms with Crippen molar-refractivity contribution in [2.75, 3.05) is 5.32 Å². The number of hydrogen-bond donors (Lipinski definition) is 3. The maximum Gasteiger partial charge on any atom is 0.303 e. The molecule has 0 saturated carbocycles. The molecule has 1 atom stereocenters. The molecule has 0 unspecified atom stereocenters. The molecule has 0 aliphatic heterocycles. The third-order valence-corrected chi connectivity index (χ3v) is 3.70. The van der Waals surface area contributed by atoms with Gasteiger partial charge in [0.2, 0.25) is 5.91 Å². The number of rotatable bonds is 8. The highest BCUT2D eigenvalue weighted by Crippen LogP contribution is 2.26. The van der Waals surface area contributed by atoms with Gasteiger partial charge < -0.3 is 15.7 Å². The summed E-state index contributed by atoms with van der Waals surface area (Å²) in [5.41, 5.74) is 0.153. The highest BCUT2D eigenvalue weighted by Gasteiger charge is 2.26. The second-order valence-corrected chi connectivity index (χ2v) is 6.79. The maximum atomic E-state index is 12.3. The van der Waals surface area contributed by atoms with E-state index in [1.54, 1.807) is 38.1 Å². The predicted octanol–water partition coefficient (Wildman–Crippen LogP) is 3.04. The Balaban J connectivity index is 2.83. The molecule has 0 radical (unpaired) electrons. The van der Waals surface area contributed by atoms with Crippen molar-refractivity contribution < 1.29 is 19.5 Å². The summed E-state index contributed by atoms with van der Waals surface area (Å²) in [6.45, 7) is 7.33. The molecule has 0 aliphatic carbocycles. The molecule has 132 valence electrons. The minimum Gasteiger partial charge on any atom is -0.481 e. The van der Waals surface area contributed by atoms with Gasteiger partial charge in [-0.2, -0.15) is 0 Å². The summed E-state index contributed by atoms with van der Waals surface area (Å²) in [5.74, 6) is -1.50. The van der Waals surface area contributed by atoms with Gasteiger partial charge in [0.05, 0.1) is 17.7 Å². The van der Waals surface area contributed by atoms with E-state index in [1.807, 2.05) is 13.8 Å². The zero-order valence-corrected chi connectivity index (χ0v) is 14.7. The highest BCUT2D eigenvalue weighted by atomic mass is 16.4. The molecule has 0 aromatic heterocycles. The van der Waals surface area contributed by atoms with E-state index in [0.717, 1.165) is 6.42 Å². The smallest absolute Gasteiger partial charge is 0.303 e. The Bertz CT molecular complexity index is 611. The second kappa shape index (κ2) is 8.47. The summed E-state index contributed by atoms with van der Waals surface area (Å²) in [5, 5.41) is 14.5. The van der Waals surface area contributed by atoms with Crippen LogP contribution in [0.25, 0.3) is 0 Å². The van der Waals surface area contributed by atoms with Crippen LogP contribution in [0.3, 0.4) is 0 Å². The Labute approximate surface area is 142 Å². The van der Waals surface area contributed by atoms with E-state index in [4.69, 9.17) is 5.11 Å². The van der Waals surface area contributed by atoms with Crippen LogP contribution in [0.5, 0.6) is 0 Å². The lowest BCUT2D eigenvalue weighted by Crippen LogP contribution is -2.33. The van der Waals surface area contributed by atoms with Gasteiger partial charge in [0.15, 0.2) is 0 Å². The lowest BCUT2D eigenvalue weighted by atomic mass is 9.85. The summed E-state index contributed by atoms with van der Waals surface area (Å²) in [6, 6.07) is 6.81. The minimum atomic E-state index is -0.943. The lowest BCUT2D eigenvalue weighted by Gasteiger charge is -2.22. The van der Waals surface area contributed by atoms with Gasteiger partial charge >= 0.3 is 5.97 Å². The van der Waals surface area contributed by atoms with Crippen LogP contribution in [0.15, 0.2) is 24.3 Å². The number of carbonyl (C=O) groups excluding carboxylic acids is 2. The van der Waals surface area contributed by atoms with Gasteiger partial charge in [-0.05, 0) is 30.9 Å². The zero-order valence-electron chi connectivity index (χ0n) is 14.7. The van der Waals surface area contributed by atoms with E-state index in [9.17, 15) is 14.4 Å². The molecule has 6 heteroatoms. The monoisotopic (exact) mass is 334 g/mol. The van der Waals surface area contributed by atoms with Crippen LogP contribution < -0.4 is 10.6 Å². The molecule has 0 spiro atoms. The van der Waals surface area contributed by atoms with Gasteiger partial charge in [-0.3, -0.25) is 14.4 Å². The Kier molecular flexibility index (Phi) is 6.95. The fraction of sp³-hybridized carbons (Fsp3) is 0.500. The Morgan fingerprint density at radius 1 is 1.17 bits per heavy atom. The van der Waals surface area contributed by atoms with Crippen molar-refractivity contribution in [3.8, 4) is 0 Å². The molecule has 1 rings (SSSR count). The molecule has 0 bridgehead atoms. The van der Waals surface area contributed by atoms with E-state index in [1.165, 1.54) is 0 Å². The number of para-hydroxylation sites is 1. The predicted molar refractivity (Wildman–Crippen MR) is 92.9 cm³/mol. The van der Waals surface area contributed by atoms with Gasteiger partial charge in [0, 0.05) is 12.5 Å². The van der Waals surface area contributed by atoms with E-state index in [2.05, 4.69) is 10.6 Å². The number of carbonyl (C=O) groups is 3. The number of carboxylic acid groups (broad SMARTS) is 1. The SMILES string of the molecule is CC[C@@H](C)NC(=O)c1ccccc1NC(=O)CC(C)(C)CC(=O)O. The largest absolute Gasteiger partial charge is 0.481 e. The first-order valence-electron chi connectivity index (χ1n) is 8.06. The van der Waals surface area contributed by atoms with Crippen LogP contribution in [-0.2, 0) is 9.59 Å². The first kappa shape index (κ1) is 19.7. The summed E-state index contributed by atoms with van der Waals surface area (Å²) in [4.78, 5) is 35.4. The Hall–Kier alpha value is -2.37. The number of hydrogen-bond acceptors (Lipinski definition) is 3. The number of aliphatic carboxylic acids is 1. The zero-order chi connectivity index (χ0) is 18.3. The molecule has 6 nitrogen and oxygen atoms in total. The molecule has 3 N–H and O–H groups in total. The quantitative estimate of drug-likeness (QED) is 0.681. The van der Waals surface area contributed by atoms with Crippen molar-refractivity contribution in [1.29, 1.82) is 0 Å². The van der Waals surface area contributed by atoms with Crippen molar-refractivity contribution in [2.24, 2.45) is 5.41 Å². The van der Waals surface area contributed by atoms with Crippen molar-refractivity contribution in [3.05, 3.63) is 29.8 Å². The summed E-state index contributed by atoms with van der Waals surface area (Å²) < 4.78 is 0. The average Bonchev–Trinajstić information content (AvgIpc) is 2.45. The van der Waals surface area contributed by atoms with Gasteiger partial charge in [0.25, 0.3) is 5.91 Å². The van der Waals surface area contributed by atoms with Crippen LogP contribution in [-0.4, -0.2) is 28.9 Å². The number of benzene rings is 1. The van der Waals surface area contributed by atoms with Crippen LogP contribution in [0.4, 0.5) is 5.69 Å². The van der Waals surface area contributed by atoms with Crippen LogP contribution in [0.1, 0.15) is 57.3 Å². The highest BCUT2D eigenvalue weighted by molar-refractivity contribution is 6.03. The van der Waals surface area contributed by atoms with E-state index >= 15 is 0 Å². The molecule has 1 aromatic carbocycles. The molecule has 0 heterocycles. The molecule has 2 amide bonds. The third-order valence-electron chi connectivity index (χ3n) is 3.70. The van der Waals surface area contributed by atoms with Crippen molar-refractivity contribution in [2.45, 2.75) is 53.0 Å². The molecule has 1 aromatic rings. The summed E-state index contributed by atoms with van der Waals surface area (Å²) in [7, 11) is 0. The maximum absolute atomic E-state index is 12.3. The van der Waals surface area contributed by atoms with E-state index < -0.39 is 11.4 Å². The van der Waals surface area contributed by atoms with Gasteiger partial charge in [0.1, 0.15) is 0 Å². The fourth-order valence-corrected chi connectivity index (χ4v) is 2.29. The Morgan fingerprint density at radius 2 is 1.79 bits per heavy atom. The molecular weight excluding hydrogens is 308 g/mol. The minimum absolute atomic E-state index is 0.0377. The van der Waals surface area contributed by atoms with Crippen molar-refractivity contribution >= 4 is 23.5 Å². The molecular formula is C18H26N2O4. The van der Waals surface area contributed by atoms with E-state index in [0.29, 0.717) is 11.3 Å². The van der Waals surface area contributed by atoms with Gasteiger partial charge in [-0.1, -0.05) is 32.9 Å². The van der Waals surface area contributed by atoms with Crippen LogP contribution >= 0.6 is 0 Å². The number of carboxylic acids is 1. The fourth-order valence-electron chi connectivity index (χ4n) is 2.29. The lowest BCUT2D eigenvalue weighted by molar-refractivity contribution is -0.139. The number of anilines is 1. The first-order valence-corrected chi connectivity index (χ1v) is 8.06. The normalized spacial score (nSPS) is 12.3. The molecule has 0 saturated heterocycles. The van der Waals surface area contributed by atoms with Gasteiger partial charge in [-0.15, -0.1) is 0 Å². The Morgan fingerprint density at radius 3 is 2.38 bits per heavy atom. The van der Waals surface area contributed by atoms with Crippen molar-refractivity contribution in [1.82, 2.24) is 5.32 Å². The molecule has 0 fully saturated rings. The average molecular weight is 334 g/mol. The van der Waals surface area contributed by atoms with E-state index in [-0.39, 0.29) is 30.7 Å². The third kappa shape index (κ3) is 6.40. The van der Waals surface area contributed by atoms with Crippen molar-refractivity contribution in [3.63, 3.8) is 0 Å². The summed E-state index contributed by atoms with van der Waals surface area (Å²) >= 11 is 0. The van der Waals surface area contributed by atoms with Crippen LogP contribution in [0, 0.1) is 5.41 Å². The first-order chi connectivity index (χ1) is 11.1. The standard InChI is InChI=1S/C18H26N2O4/c1-5-12(2)19-17(24)13-8-6-7-9-14(13)20-15(21)10-18(3,4)11-16(22)23/h6-9,12H,5,10-11H2,1-4H3,(H,19,24)(H,20,21)(H,22,23)/t12-/m1/s1. The molecule has 24 heavy (non-hydrogen) atoms. The van der Waals surface area contributed by atoms with Crippen LogP contribution in [0.2, 0.25) is 0 Å². The number of amides is 2. The topological polar surface area (TPSA) is 95.5 Å². The summed E-state index contributed by atoms with van der Waals surface area (Å²) in [6.07, 6.45) is 0.765. The van der Waals surface area contributed by atoms with Gasteiger partial charge in [-0.25, -0.2) is 0 Å². The number of nitrogens with one attached hydrogen (secondary N) is 2. The molecule has 0 aliphatic rings.